The Morgan fingerprint density at radius 2 is 2.25 bits per heavy atom. The van der Waals surface area contributed by atoms with E-state index in [1.54, 1.807) is 18.3 Å². The van der Waals surface area contributed by atoms with E-state index in [2.05, 4.69) is 38.5 Å². The largest absolute Gasteiger partial charge is 0.438 e. The number of benzene rings is 1. The van der Waals surface area contributed by atoms with Gasteiger partial charge in [-0.1, -0.05) is 28.9 Å². The van der Waals surface area contributed by atoms with Gasteiger partial charge in [-0.2, -0.15) is 0 Å². The van der Waals surface area contributed by atoms with Gasteiger partial charge in [-0.25, -0.2) is 4.98 Å². The highest BCUT2D eigenvalue weighted by atomic mass is 79.9. The molecule has 0 radical (unpaired) electrons. The van der Waals surface area contributed by atoms with Gasteiger partial charge in [0.2, 0.25) is 5.88 Å². The van der Waals surface area contributed by atoms with Crippen LogP contribution in [0.25, 0.3) is 0 Å². The standard InChI is InChI=1S/C18H20BrN3O2/c1-12-7-9-20-11-16(12)22-17(23)15-6-3-8-21-18(15)24-14-5-2-4-13(19)10-14/h2-6,8,10,12,16,20H,7,9,11H2,1H3,(H,22,23). The van der Waals surface area contributed by atoms with Crippen LogP contribution in [0.5, 0.6) is 11.6 Å². The summed E-state index contributed by atoms with van der Waals surface area (Å²) >= 11 is 3.41. The third kappa shape index (κ3) is 4.13. The second-order valence-electron chi connectivity index (χ2n) is 5.97. The molecule has 1 fully saturated rings. The summed E-state index contributed by atoms with van der Waals surface area (Å²) in [6.07, 6.45) is 2.67. The second kappa shape index (κ2) is 7.77. The number of carbonyl (C=O) groups is 1. The summed E-state index contributed by atoms with van der Waals surface area (Å²) in [5.74, 6) is 1.23. The molecule has 2 N–H and O–H groups in total. The number of rotatable bonds is 4. The van der Waals surface area contributed by atoms with Crippen LogP contribution in [0.3, 0.4) is 0 Å². The predicted octanol–water partition coefficient (Wildman–Crippen LogP) is 3.36. The third-order valence-corrected chi connectivity index (χ3v) is 4.66. The Hall–Kier alpha value is -1.92. The van der Waals surface area contributed by atoms with Crippen LogP contribution in [-0.2, 0) is 0 Å². The van der Waals surface area contributed by atoms with Crippen LogP contribution >= 0.6 is 15.9 Å². The fourth-order valence-electron chi connectivity index (χ4n) is 2.72. The van der Waals surface area contributed by atoms with Crippen molar-refractivity contribution in [2.75, 3.05) is 13.1 Å². The Morgan fingerprint density at radius 1 is 1.38 bits per heavy atom. The summed E-state index contributed by atoms with van der Waals surface area (Å²) in [6, 6.07) is 11.0. The average molecular weight is 390 g/mol. The number of hydrogen-bond acceptors (Lipinski definition) is 4. The van der Waals surface area contributed by atoms with E-state index >= 15 is 0 Å². The minimum absolute atomic E-state index is 0.116. The molecule has 2 unspecified atom stereocenters. The third-order valence-electron chi connectivity index (χ3n) is 4.17. The van der Waals surface area contributed by atoms with E-state index in [0.717, 1.165) is 24.0 Å². The lowest BCUT2D eigenvalue weighted by Crippen LogP contribution is -2.50. The lowest BCUT2D eigenvalue weighted by Gasteiger charge is -2.30. The maximum Gasteiger partial charge on any atom is 0.257 e. The van der Waals surface area contributed by atoms with Crippen LogP contribution in [0.4, 0.5) is 0 Å². The minimum atomic E-state index is -0.159. The first-order valence-corrected chi connectivity index (χ1v) is 8.83. The molecule has 5 nitrogen and oxygen atoms in total. The zero-order valence-electron chi connectivity index (χ0n) is 13.5. The van der Waals surface area contributed by atoms with Crippen LogP contribution in [0, 0.1) is 5.92 Å². The molecule has 24 heavy (non-hydrogen) atoms. The van der Waals surface area contributed by atoms with Crippen LogP contribution in [-0.4, -0.2) is 30.0 Å². The maximum absolute atomic E-state index is 12.7. The van der Waals surface area contributed by atoms with Gasteiger partial charge in [0.25, 0.3) is 5.91 Å². The molecule has 1 aliphatic heterocycles. The van der Waals surface area contributed by atoms with Gasteiger partial charge in [0.15, 0.2) is 0 Å². The van der Waals surface area contributed by atoms with Gasteiger partial charge in [-0.15, -0.1) is 0 Å². The van der Waals surface area contributed by atoms with Gasteiger partial charge in [0, 0.05) is 23.3 Å². The van der Waals surface area contributed by atoms with Crippen molar-refractivity contribution in [1.29, 1.82) is 0 Å². The van der Waals surface area contributed by atoms with Crippen molar-refractivity contribution in [3.8, 4) is 11.6 Å². The van der Waals surface area contributed by atoms with Crippen LogP contribution < -0.4 is 15.4 Å². The average Bonchev–Trinajstić information content (AvgIpc) is 2.57. The summed E-state index contributed by atoms with van der Waals surface area (Å²) in [6.45, 7) is 3.95. The second-order valence-corrected chi connectivity index (χ2v) is 6.88. The first-order valence-electron chi connectivity index (χ1n) is 8.03. The summed E-state index contributed by atoms with van der Waals surface area (Å²) < 4.78 is 6.72. The molecule has 6 heteroatoms. The van der Waals surface area contributed by atoms with E-state index in [-0.39, 0.29) is 11.9 Å². The highest BCUT2D eigenvalue weighted by molar-refractivity contribution is 9.10. The van der Waals surface area contributed by atoms with Crippen LogP contribution in [0.15, 0.2) is 47.1 Å². The number of nitrogens with one attached hydrogen (secondary N) is 2. The van der Waals surface area contributed by atoms with Crippen molar-refractivity contribution in [3.05, 3.63) is 52.6 Å². The highest BCUT2D eigenvalue weighted by Gasteiger charge is 2.24. The van der Waals surface area contributed by atoms with Crippen molar-refractivity contribution >= 4 is 21.8 Å². The van der Waals surface area contributed by atoms with E-state index in [9.17, 15) is 4.79 Å². The monoisotopic (exact) mass is 389 g/mol. The lowest BCUT2D eigenvalue weighted by atomic mass is 9.94. The first kappa shape index (κ1) is 16.9. The van der Waals surface area contributed by atoms with E-state index in [1.807, 2.05) is 24.3 Å². The molecule has 2 heterocycles. The summed E-state index contributed by atoms with van der Waals surface area (Å²) in [4.78, 5) is 16.9. The number of hydrogen-bond donors (Lipinski definition) is 2. The molecule has 2 atom stereocenters. The topological polar surface area (TPSA) is 63.2 Å². The van der Waals surface area contributed by atoms with E-state index in [0.29, 0.717) is 23.1 Å². The summed E-state index contributed by atoms with van der Waals surface area (Å²) in [5, 5.41) is 6.41. The molecule has 0 aliphatic carbocycles. The molecule has 0 spiro atoms. The Bertz CT molecular complexity index is 723. The molecule has 0 bridgehead atoms. The molecule has 1 saturated heterocycles. The molecule has 1 aliphatic rings. The van der Waals surface area contributed by atoms with Gasteiger partial charge in [0.05, 0.1) is 0 Å². The Morgan fingerprint density at radius 3 is 3.04 bits per heavy atom. The quantitative estimate of drug-likeness (QED) is 0.841. The van der Waals surface area contributed by atoms with Crippen molar-refractivity contribution < 1.29 is 9.53 Å². The normalized spacial score (nSPS) is 20.4. The number of halogens is 1. The SMILES string of the molecule is CC1CCNCC1NC(=O)c1cccnc1Oc1cccc(Br)c1. The highest BCUT2D eigenvalue weighted by Crippen LogP contribution is 2.25. The minimum Gasteiger partial charge on any atom is -0.438 e. The van der Waals surface area contributed by atoms with Gasteiger partial charge >= 0.3 is 0 Å². The summed E-state index contributed by atoms with van der Waals surface area (Å²) in [5.41, 5.74) is 0.440. The fraction of sp³-hybridized carbons (Fsp3) is 0.333. The van der Waals surface area contributed by atoms with Crippen LogP contribution in [0.2, 0.25) is 0 Å². The van der Waals surface area contributed by atoms with Gasteiger partial charge in [0.1, 0.15) is 11.3 Å². The van der Waals surface area contributed by atoms with E-state index in [1.165, 1.54) is 0 Å². The zero-order valence-corrected chi connectivity index (χ0v) is 15.0. The van der Waals surface area contributed by atoms with Gasteiger partial charge in [-0.05, 0) is 49.2 Å². The number of amides is 1. The molecule has 126 valence electrons. The summed E-state index contributed by atoms with van der Waals surface area (Å²) in [7, 11) is 0. The Labute approximate surface area is 149 Å². The fourth-order valence-corrected chi connectivity index (χ4v) is 3.09. The Kier molecular flexibility index (Phi) is 5.48. The van der Waals surface area contributed by atoms with Gasteiger partial charge < -0.3 is 15.4 Å². The number of carbonyl (C=O) groups excluding carboxylic acids is 1. The molecular weight excluding hydrogens is 370 g/mol. The van der Waals surface area contributed by atoms with Crippen molar-refractivity contribution in [1.82, 2.24) is 15.6 Å². The molecular formula is C18H20BrN3O2. The molecule has 1 aromatic heterocycles. The van der Waals surface area contributed by atoms with E-state index in [4.69, 9.17) is 4.74 Å². The molecule has 1 aromatic carbocycles. The van der Waals surface area contributed by atoms with Crippen molar-refractivity contribution in [2.24, 2.45) is 5.92 Å². The zero-order chi connectivity index (χ0) is 16.9. The number of ether oxygens (including phenoxy) is 1. The maximum atomic E-state index is 12.7. The predicted molar refractivity (Wildman–Crippen MR) is 96.4 cm³/mol. The lowest BCUT2D eigenvalue weighted by molar-refractivity contribution is 0.0912. The molecule has 2 aromatic rings. The number of aromatic nitrogens is 1. The van der Waals surface area contributed by atoms with Crippen LogP contribution in [0.1, 0.15) is 23.7 Å². The molecule has 1 amide bonds. The number of pyridine rings is 1. The molecule has 3 rings (SSSR count). The first-order chi connectivity index (χ1) is 11.6. The smallest absolute Gasteiger partial charge is 0.257 e. The van der Waals surface area contributed by atoms with E-state index < -0.39 is 0 Å². The van der Waals surface area contributed by atoms with Crippen molar-refractivity contribution in [3.63, 3.8) is 0 Å². The van der Waals surface area contributed by atoms with Crippen molar-refractivity contribution in [2.45, 2.75) is 19.4 Å². The van der Waals surface area contributed by atoms with Gasteiger partial charge in [-0.3, -0.25) is 4.79 Å². The molecule has 0 saturated carbocycles. The number of nitrogens with zero attached hydrogens (tertiary/aromatic N) is 1. The number of piperidine rings is 1. The Balaban J connectivity index is 1.77.